The molecule has 0 radical (unpaired) electrons. The summed E-state index contributed by atoms with van der Waals surface area (Å²) in [6.45, 7) is 0. The summed E-state index contributed by atoms with van der Waals surface area (Å²) >= 11 is 0. The molecule has 0 saturated carbocycles. The van der Waals surface area contributed by atoms with Gasteiger partial charge in [0.15, 0.2) is 0 Å². The van der Waals surface area contributed by atoms with Gasteiger partial charge in [-0.05, 0) is 12.1 Å². The molecular formula is C6H7CaO2P. The van der Waals surface area contributed by atoms with Gasteiger partial charge in [-0.25, -0.2) is 4.57 Å². The molecule has 50 valence electrons. The van der Waals surface area contributed by atoms with Gasteiger partial charge in [0.2, 0.25) is 0 Å². The van der Waals surface area contributed by atoms with Gasteiger partial charge in [0.25, 0.3) is 0 Å². The molecule has 1 rings (SSSR count). The van der Waals surface area contributed by atoms with Crippen LogP contribution in [0.15, 0.2) is 30.3 Å². The molecule has 0 bridgehead atoms. The molecule has 0 unspecified atom stereocenters. The quantitative estimate of drug-likeness (QED) is 0.517. The molecule has 0 spiro atoms. The third-order valence-electron chi connectivity index (χ3n) is 0.886. The second kappa shape index (κ2) is 6.11. The number of rotatable bonds is 2. The Morgan fingerprint density at radius 1 is 1.30 bits per heavy atom. The fraction of sp³-hybridized carbons (Fsp3) is 0. The van der Waals surface area contributed by atoms with Crippen molar-refractivity contribution in [1.82, 2.24) is 0 Å². The van der Waals surface area contributed by atoms with E-state index in [4.69, 9.17) is 0 Å². The maximum atomic E-state index is 9.85. The second-order valence-corrected chi connectivity index (χ2v) is 1.81. The minimum Gasteiger partial charge on any atom is -1.00 e. The maximum absolute atomic E-state index is 9.85. The first-order chi connectivity index (χ1) is 4.43. The standard InChI is InChI=1S/C6H5O2P.Ca.2H/c7-9-8-6-4-2-1-3-5-6;;;/h1-5H;;;/q;+2;2*-1. The van der Waals surface area contributed by atoms with Gasteiger partial charge in [0.1, 0.15) is 5.75 Å². The van der Waals surface area contributed by atoms with E-state index in [9.17, 15) is 4.57 Å². The van der Waals surface area contributed by atoms with Crippen molar-refractivity contribution in [2.45, 2.75) is 0 Å². The normalized spacial score (nSPS) is 8.40. The molecule has 1 aromatic carbocycles. The van der Waals surface area contributed by atoms with Gasteiger partial charge < -0.3 is 7.38 Å². The van der Waals surface area contributed by atoms with Crippen LogP contribution in [-0.4, -0.2) is 37.7 Å². The van der Waals surface area contributed by atoms with E-state index >= 15 is 0 Å². The summed E-state index contributed by atoms with van der Waals surface area (Å²) in [5, 5.41) is 0. The van der Waals surface area contributed by atoms with Gasteiger partial charge >= 0.3 is 46.4 Å². The summed E-state index contributed by atoms with van der Waals surface area (Å²) in [5.74, 6) is 0.620. The fourth-order valence-corrected chi connectivity index (χ4v) is 0.732. The Bertz CT molecular complexity index is 198. The van der Waals surface area contributed by atoms with Crippen LogP contribution in [0, 0.1) is 0 Å². The third-order valence-corrected chi connectivity index (χ3v) is 1.17. The first kappa shape index (κ1) is 10.4. The van der Waals surface area contributed by atoms with Crippen molar-refractivity contribution in [3.63, 3.8) is 0 Å². The van der Waals surface area contributed by atoms with Gasteiger partial charge in [-0.3, -0.25) is 0 Å². The monoisotopic (exact) mass is 182 g/mol. The smallest absolute Gasteiger partial charge is 1.00 e. The maximum Gasteiger partial charge on any atom is 2.00 e. The van der Waals surface area contributed by atoms with E-state index in [1.54, 1.807) is 12.1 Å². The Kier molecular flexibility index (Phi) is 6.35. The van der Waals surface area contributed by atoms with E-state index in [1.165, 1.54) is 0 Å². The molecule has 0 aliphatic heterocycles. The van der Waals surface area contributed by atoms with E-state index < -0.39 is 0 Å². The van der Waals surface area contributed by atoms with Crippen LogP contribution in [0.4, 0.5) is 0 Å². The number of para-hydroxylation sites is 1. The molecule has 0 aliphatic carbocycles. The Morgan fingerprint density at radius 3 is 2.40 bits per heavy atom. The van der Waals surface area contributed by atoms with Crippen molar-refractivity contribution in [2.75, 3.05) is 0 Å². The van der Waals surface area contributed by atoms with Crippen molar-refractivity contribution in [1.29, 1.82) is 0 Å². The Balaban J connectivity index is -0.000000270. The SMILES string of the molecule is O=POc1ccccc1.[Ca+2].[H-].[H-]. The molecule has 2 nitrogen and oxygen atoms in total. The van der Waals surface area contributed by atoms with Crippen LogP contribution in [0.1, 0.15) is 2.85 Å². The van der Waals surface area contributed by atoms with E-state index in [0.717, 1.165) is 0 Å². The number of hydrogen-bond donors (Lipinski definition) is 0. The molecule has 0 saturated heterocycles. The minimum atomic E-state index is -0.305. The summed E-state index contributed by atoms with van der Waals surface area (Å²) in [6.07, 6.45) is 0. The van der Waals surface area contributed by atoms with Gasteiger partial charge in [-0.2, -0.15) is 0 Å². The van der Waals surface area contributed by atoms with Crippen molar-refractivity contribution in [2.24, 2.45) is 0 Å². The van der Waals surface area contributed by atoms with Gasteiger partial charge in [-0.1, -0.05) is 18.2 Å². The van der Waals surface area contributed by atoms with Crippen LogP contribution in [0.2, 0.25) is 0 Å². The Labute approximate surface area is 93.8 Å². The van der Waals surface area contributed by atoms with E-state index in [0.29, 0.717) is 5.75 Å². The van der Waals surface area contributed by atoms with Crippen molar-refractivity contribution < 1.29 is 11.9 Å². The predicted octanol–water partition coefficient (Wildman–Crippen LogP) is 2.12. The molecule has 0 fully saturated rings. The molecule has 4 heteroatoms. The molecular weight excluding hydrogens is 175 g/mol. The average molecular weight is 182 g/mol. The Hall–Kier alpha value is 0.380. The second-order valence-electron chi connectivity index (χ2n) is 1.48. The molecule has 0 amide bonds. The zero-order chi connectivity index (χ0) is 6.53. The summed E-state index contributed by atoms with van der Waals surface area (Å²) < 4.78 is 14.5. The predicted molar refractivity (Wildman–Crippen MR) is 42.7 cm³/mol. The largest absolute Gasteiger partial charge is 2.00 e. The van der Waals surface area contributed by atoms with Crippen molar-refractivity contribution in [3.05, 3.63) is 30.3 Å². The molecule has 0 aliphatic rings. The molecule has 0 aromatic heterocycles. The zero-order valence-electron chi connectivity index (χ0n) is 7.36. The molecule has 0 atom stereocenters. The van der Waals surface area contributed by atoms with Gasteiger partial charge in [0, 0.05) is 0 Å². The number of benzene rings is 1. The summed E-state index contributed by atoms with van der Waals surface area (Å²) in [5.41, 5.74) is 0. The van der Waals surface area contributed by atoms with Crippen LogP contribution in [0.3, 0.4) is 0 Å². The average Bonchev–Trinajstić information content (AvgIpc) is 1.91. The molecule has 0 N–H and O–H groups in total. The first-order valence-electron chi connectivity index (χ1n) is 2.48. The first-order valence-corrected chi connectivity index (χ1v) is 3.21. The van der Waals surface area contributed by atoms with Crippen LogP contribution < -0.4 is 4.52 Å². The van der Waals surface area contributed by atoms with Crippen LogP contribution in [-0.2, 0) is 4.57 Å². The van der Waals surface area contributed by atoms with Crippen LogP contribution >= 0.6 is 8.69 Å². The van der Waals surface area contributed by atoms with Gasteiger partial charge in [0.05, 0.1) is 0 Å². The fourth-order valence-electron chi connectivity index (χ4n) is 0.524. The zero-order valence-corrected chi connectivity index (χ0v) is 8.46. The summed E-state index contributed by atoms with van der Waals surface area (Å²) in [7, 11) is -0.305. The molecule has 1 aromatic rings. The van der Waals surface area contributed by atoms with Crippen molar-refractivity contribution >= 4 is 46.4 Å². The molecule has 0 heterocycles. The minimum absolute atomic E-state index is 0. The van der Waals surface area contributed by atoms with Crippen LogP contribution in [0.25, 0.3) is 0 Å². The molecule has 10 heavy (non-hydrogen) atoms. The van der Waals surface area contributed by atoms with Crippen LogP contribution in [0.5, 0.6) is 5.75 Å². The summed E-state index contributed by atoms with van der Waals surface area (Å²) in [4.78, 5) is 0. The Morgan fingerprint density at radius 2 is 1.90 bits per heavy atom. The van der Waals surface area contributed by atoms with Crippen molar-refractivity contribution in [3.8, 4) is 5.75 Å². The van der Waals surface area contributed by atoms with E-state index in [1.807, 2.05) is 18.2 Å². The van der Waals surface area contributed by atoms with Gasteiger partial charge in [-0.15, -0.1) is 0 Å². The number of hydrogen-bond acceptors (Lipinski definition) is 2. The summed E-state index contributed by atoms with van der Waals surface area (Å²) in [6, 6.07) is 8.99. The van der Waals surface area contributed by atoms with E-state index in [2.05, 4.69) is 4.52 Å². The van der Waals surface area contributed by atoms with E-state index in [-0.39, 0.29) is 49.3 Å². The topological polar surface area (TPSA) is 26.3 Å². The third kappa shape index (κ3) is 3.52.